The molecule has 7 nitrogen and oxygen atoms in total. The van der Waals surface area contributed by atoms with E-state index >= 15 is 0 Å². The van der Waals surface area contributed by atoms with Gasteiger partial charge in [0, 0.05) is 25.7 Å². The van der Waals surface area contributed by atoms with E-state index in [-0.39, 0.29) is 6.54 Å². The van der Waals surface area contributed by atoms with Crippen molar-refractivity contribution in [1.29, 1.82) is 5.26 Å². The maximum atomic E-state index is 14.0. The van der Waals surface area contributed by atoms with Crippen LogP contribution in [0.3, 0.4) is 0 Å². The average Bonchev–Trinajstić information content (AvgIpc) is 2.66. The van der Waals surface area contributed by atoms with Crippen LogP contribution >= 0.6 is 0 Å². The summed E-state index contributed by atoms with van der Waals surface area (Å²) < 4.78 is 19.3. The summed E-state index contributed by atoms with van der Waals surface area (Å²) in [5, 5.41) is 18.2. The van der Waals surface area contributed by atoms with Gasteiger partial charge in [0.25, 0.3) is 0 Å². The molecule has 1 amide bonds. The lowest BCUT2D eigenvalue weighted by Crippen LogP contribution is -2.57. The van der Waals surface area contributed by atoms with Gasteiger partial charge in [-0.1, -0.05) is 13.8 Å². The fourth-order valence-electron chi connectivity index (χ4n) is 2.67. The van der Waals surface area contributed by atoms with E-state index in [1.54, 1.807) is 7.05 Å². The van der Waals surface area contributed by atoms with Crippen LogP contribution in [0.1, 0.15) is 58.6 Å². The van der Waals surface area contributed by atoms with E-state index < -0.39 is 23.1 Å². The largest absolute Gasteiger partial charge is 0.444 e. The summed E-state index contributed by atoms with van der Waals surface area (Å²) in [6.07, 6.45) is 0.901. The minimum Gasteiger partial charge on any atom is -0.444 e. The lowest BCUT2D eigenvalue weighted by molar-refractivity contribution is 0.0448. The highest BCUT2D eigenvalue weighted by atomic mass is 19.1. The van der Waals surface area contributed by atoms with Crippen LogP contribution in [0.5, 0.6) is 0 Å². The first kappa shape index (κ1) is 24.2. The Hall–Kier alpha value is -2.82. The van der Waals surface area contributed by atoms with Crippen molar-refractivity contribution in [2.45, 2.75) is 65.1 Å². The van der Waals surface area contributed by atoms with Crippen molar-refractivity contribution >= 4 is 12.1 Å². The second-order valence-corrected chi connectivity index (χ2v) is 7.81. The highest BCUT2D eigenvalue weighted by Gasteiger charge is 2.30. The Morgan fingerprint density at radius 1 is 1.24 bits per heavy atom. The maximum absolute atomic E-state index is 14.0. The van der Waals surface area contributed by atoms with Gasteiger partial charge in [-0.2, -0.15) is 5.26 Å². The molecule has 0 aliphatic carbocycles. The number of guanidine groups is 1. The van der Waals surface area contributed by atoms with Crippen LogP contribution in [0.25, 0.3) is 0 Å². The van der Waals surface area contributed by atoms with Crippen molar-refractivity contribution < 1.29 is 13.9 Å². The molecule has 0 saturated carbocycles. The molecule has 1 aromatic carbocycles. The molecule has 1 aromatic rings. The lowest BCUT2D eigenvalue weighted by atomic mass is 9.93. The molecule has 160 valence electrons. The first-order valence-corrected chi connectivity index (χ1v) is 9.72. The van der Waals surface area contributed by atoms with Crippen LogP contribution in [-0.2, 0) is 11.3 Å². The number of carbonyl (C=O) groups excluding carboxylic acids is 1. The standard InChI is InChI=1S/C21H32FN5O2/c1-7-21(8-2,27-19(28)29-20(3,4)5)14-26-18(24-6)25-13-16-11-15(12-23)9-10-17(16)22/h9-11H,7-8,13-14H2,1-6H3,(H,27,28)(H2,24,25,26). The normalized spacial score (nSPS) is 12.1. The Labute approximate surface area is 172 Å². The van der Waals surface area contributed by atoms with E-state index in [1.165, 1.54) is 18.2 Å². The average molecular weight is 406 g/mol. The highest BCUT2D eigenvalue weighted by molar-refractivity contribution is 5.80. The van der Waals surface area contributed by atoms with Crippen molar-refractivity contribution in [3.05, 3.63) is 35.1 Å². The second-order valence-electron chi connectivity index (χ2n) is 7.81. The van der Waals surface area contributed by atoms with Gasteiger partial charge in [0.1, 0.15) is 11.4 Å². The van der Waals surface area contributed by atoms with Crippen LogP contribution in [0.4, 0.5) is 9.18 Å². The van der Waals surface area contributed by atoms with Gasteiger partial charge in [-0.15, -0.1) is 0 Å². The number of hydrogen-bond acceptors (Lipinski definition) is 4. The molecular weight excluding hydrogens is 373 g/mol. The zero-order chi connectivity index (χ0) is 22.1. The molecule has 3 N–H and O–H groups in total. The molecule has 0 radical (unpaired) electrons. The molecule has 8 heteroatoms. The monoisotopic (exact) mass is 405 g/mol. The summed E-state index contributed by atoms with van der Waals surface area (Å²) >= 11 is 0. The third kappa shape index (κ3) is 7.98. The number of rotatable bonds is 7. The van der Waals surface area contributed by atoms with Crippen LogP contribution in [-0.4, -0.2) is 36.8 Å². The molecule has 0 aromatic heterocycles. The number of benzene rings is 1. The molecule has 0 fully saturated rings. The van der Waals surface area contributed by atoms with Crippen LogP contribution in [0.15, 0.2) is 23.2 Å². The molecular formula is C21H32FN5O2. The lowest BCUT2D eigenvalue weighted by Gasteiger charge is -2.34. The quantitative estimate of drug-likeness (QED) is 0.477. The number of nitrogens with one attached hydrogen (secondary N) is 3. The van der Waals surface area contributed by atoms with Crippen LogP contribution < -0.4 is 16.0 Å². The number of hydrogen-bond donors (Lipinski definition) is 3. The van der Waals surface area contributed by atoms with Gasteiger partial charge in [-0.3, -0.25) is 4.99 Å². The molecule has 0 aliphatic rings. The zero-order valence-electron chi connectivity index (χ0n) is 18.1. The van der Waals surface area contributed by atoms with Crippen molar-refractivity contribution in [2.75, 3.05) is 13.6 Å². The van der Waals surface area contributed by atoms with Crippen LogP contribution in [0.2, 0.25) is 0 Å². The fraction of sp³-hybridized carbons (Fsp3) is 0.571. The molecule has 0 aliphatic heterocycles. The van der Waals surface area contributed by atoms with Gasteiger partial charge >= 0.3 is 6.09 Å². The first-order chi connectivity index (χ1) is 13.6. The van der Waals surface area contributed by atoms with Crippen molar-refractivity contribution in [1.82, 2.24) is 16.0 Å². The Balaban J connectivity index is 2.75. The minimum atomic E-state index is -0.579. The Kier molecular flexibility index (Phi) is 8.89. The topological polar surface area (TPSA) is 98.5 Å². The van der Waals surface area contributed by atoms with E-state index in [2.05, 4.69) is 20.9 Å². The molecule has 0 heterocycles. The minimum absolute atomic E-state index is 0.172. The van der Waals surface area contributed by atoms with Crippen molar-refractivity contribution in [3.63, 3.8) is 0 Å². The van der Waals surface area contributed by atoms with E-state index in [1.807, 2.05) is 40.7 Å². The third-order valence-corrected chi connectivity index (χ3v) is 4.56. The highest BCUT2D eigenvalue weighted by Crippen LogP contribution is 2.16. The number of halogens is 1. The fourth-order valence-corrected chi connectivity index (χ4v) is 2.67. The zero-order valence-corrected chi connectivity index (χ0v) is 18.1. The number of amides is 1. The molecule has 0 unspecified atom stereocenters. The molecule has 0 spiro atoms. The van der Waals surface area contributed by atoms with E-state index in [4.69, 9.17) is 10.00 Å². The Morgan fingerprint density at radius 3 is 2.41 bits per heavy atom. The number of alkyl carbamates (subject to hydrolysis) is 1. The Morgan fingerprint density at radius 2 is 1.90 bits per heavy atom. The molecule has 0 bridgehead atoms. The number of aliphatic imine (C=N–C) groups is 1. The predicted octanol–water partition coefficient (Wildman–Crippen LogP) is 3.45. The maximum Gasteiger partial charge on any atom is 0.408 e. The summed E-state index contributed by atoms with van der Waals surface area (Å²) in [6.45, 7) is 10.0. The molecule has 29 heavy (non-hydrogen) atoms. The summed E-state index contributed by atoms with van der Waals surface area (Å²) in [7, 11) is 1.61. The van der Waals surface area contributed by atoms with Gasteiger partial charge in [-0.25, -0.2) is 9.18 Å². The first-order valence-electron chi connectivity index (χ1n) is 9.72. The number of nitriles is 1. The van der Waals surface area contributed by atoms with Gasteiger partial charge in [0.05, 0.1) is 17.2 Å². The molecule has 0 atom stereocenters. The van der Waals surface area contributed by atoms with Crippen molar-refractivity contribution in [2.24, 2.45) is 4.99 Å². The summed E-state index contributed by atoms with van der Waals surface area (Å²) in [5.74, 6) is 0.0685. The van der Waals surface area contributed by atoms with Crippen LogP contribution in [0, 0.1) is 17.1 Å². The van der Waals surface area contributed by atoms with E-state index in [0.717, 1.165) is 0 Å². The van der Waals surface area contributed by atoms with Crippen molar-refractivity contribution in [3.8, 4) is 6.07 Å². The second kappa shape index (κ2) is 10.6. The smallest absolute Gasteiger partial charge is 0.408 e. The number of nitrogens with zero attached hydrogens (tertiary/aromatic N) is 2. The van der Waals surface area contributed by atoms with Gasteiger partial charge in [-0.05, 0) is 51.8 Å². The number of ether oxygens (including phenoxy) is 1. The predicted molar refractivity (Wildman–Crippen MR) is 112 cm³/mol. The molecule has 0 saturated heterocycles. The van der Waals surface area contributed by atoms with E-state index in [9.17, 15) is 9.18 Å². The van der Waals surface area contributed by atoms with Gasteiger partial charge in [0.15, 0.2) is 5.96 Å². The third-order valence-electron chi connectivity index (χ3n) is 4.56. The molecule has 1 rings (SSSR count). The summed E-state index contributed by atoms with van der Waals surface area (Å²) in [5.41, 5.74) is -0.337. The SMILES string of the molecule is CCC(CC)(CNC(=NC)NCc1cc(C#N)ccc1F)NC(=O)OC(C)(C)C. The summed E-state index contributed by atoms with van der Waals surface area (Å²) in [4.78, 5) is 16.4. The summed E-state index contributed by atoms with van der Waals surface area (Å²) in [6, 6.07) is 6.21. The van der Waals surface area contributed by atoms with E-state index in [0.29, 0.717) is 36.5 Å². The van der Waals surface area contributed by atoms with Gasteiger partial charge < -0.3 is 20.7 Å². The number of carbonyl (C=O) groups is 1. The van der Waals surface area contributed by atoms with Gasteiger partial charge in [0.2, 0.25) is 0 Å². The Bertz CT molecular complexity index is 761.